The molecule has 1 aromatic carbocycles. The SMILES string of the molecule is CC(=O)/C(=C/Cl)C(O)c1ccc(C(F)(F)F)cc1. The summed E-state index contributed by atoms with van der Waals surface area (Å²) in [5.41, 5.74) is 0.198. The van der Waals surface area contributed by atoms with E-state index in [0.717, 1.165) is 29.8 Å². The number of hydrogen-bond donors (Lipinski definition) is 1. The van der Waals surface area contributed by atoms with Gasteiger partial charge in [0, 0.05) is 11.1 Å². The molecule has 2 nitrogen and oxygen atoms in total. The fourth-order valence-electron chi connectivity index (χ4n) is 1.36. The van der Waals surface area contributed by atoms with Crippen molar-refractivity contribution in [3.8, 4) is 0 Å². The molecule has 0 heterocycles. The predicted octanol–water partition coefficient (Wildman–Crippen LogP) is 3.45. The smallest absolute Gasteiger partial charge is 0.383 e. The van der Waals surface area contributed by atoms with Crippen LogP contribution in [0.4, 0.5) is 13.2 Å². The van der Waals surface area contributed by atoms with E-state index in [1.807, 2.05) is 0 Å². The van der Waals surface area contributed by atoms with E-state index in [0.29, 0.717) is 0 Å². The molecule has 1 N–H and O–H groups in total. The van der Waals surface area contributed by atoms with Gasteiger partial charge in [0.25, 0.3) is 0 Å². The third kappa shape index (κ3) is 3.34. The van der Waals surface area contributed by atoms with E-state index < -0.39 is 23.6 Å². The van der Waals surface area contributed by atoms with Crippen LogP contribution in [-0.2, 0) is 11.0 Å². The summed E-state index contributed by atoms with van der Waals surface area (Å²) >= 11 is 5.39. The monoisotopic (exact) mass is 278 g/mol. The van der Waals surface area contributed by atoms with Gasteiger partial charge in [-0.3, -0.25) is 4.79 Å². The molecule has 0 radical (unpaired) electrons. The van der Waals surface area contributed by atoms with Gasteiger partial charge in [0.05, 0.1) is 5.56 Å². The molecule has 1 unspecified atom stereocenters. The molecule has 1 rings (SSSR count). The highest BCUT2D eigenvalue weighted by Crippen LogP contribution is 2.31. The number of carbonyl (C=O) groups excluding carboxylic acids is 1. The first-order chi connectivity index (χ1) is 8.27. The van der Waals surface area contributed by atoms with E-state index >= 15 is 0 Å². The van der Waals surface area contributed by atoms with Gasteiger partial charge in [-0.25, -0.2) is 0 Å². The van der Waals surface area contributed by atoms with Crippen LogP contribution in [0.25, 0.3) is 0 Å². The van der Waals surface area contributed by atoms with E-state index in [1.165, 1.54) is 6.92 Å². The molecule has 1 aromatic rings. The van der Waals surface area contributed by atoms with Crippen molar-refractivity contribution in [1.82, 2.24) is 0 Å². The lowest BCUT2D eigenvalue weighted by Crippen LogP contribution is -2.09. The molecule has 18 heavy (non-hydrogen) atoms. The van der Waals surface area contributed by atoms with Crippen molar-refractivity contribution in [2.24, 2.45) is 0 Å². The summed E-state index contributed by atoms with van der Waals surface area (Å²) in [5.74, 6) is -0.447. The topological polar surface area (TPSA) is 37.3 Å². The summed E-state index contributed by atoms with van der Waals surface area (Å²) in [4.78, 5) is 11.1. The van der Waals surface area contributed by atoms with Crippen LogP contribution < -0.4 is 0 Å². The van der Waals surface area contributed by atoms with E-state index in [2.05, 4.69) is 0 Å². The summed E-state index contributed by atoms with van der Waals surface area (Å²) < 4.78 is 37.0. The Labute approximate surface area is 107 Å². The van der Waals surface area contributed by atoms with Crippen molar-refractivity contribution in [2.75, 3.05) is 0 Å². The molecule has 6 heteroatoms. The molecule has 0 aliphatic rings. The highest BCUT2D eigenvalue weighted by molar-refractivity contribution is 6.27. The van der Waals surface area contributed by atoms with Gasteiger partial charge in [-0.15, -0.1) is 0 Å². The maximum atomic E-state index is 12.3. The van der Waals surface area contributed by atoms with Gasteiger partial charge in [0.2, 0.25) is 0 Å². The molecule has 0 saturated heterocycles. The minimum Gasteiger partial charge on any atom is -0.383 e. The first-order valence-corrected chi connectivity index (χ1v) is 5.37. The minimum absolute atomic E-state index is 0.0728. The Morgan fingerprint density at radius 2 is 1.83 bits per heavy atom. The summed E-state index contributed by atoms with van der Waals surface area (Å²) in [6.45, 7) is 1.21. The Balaban J connectivity index is 3.02. The standard InChI is InChI=1S/C12H10ClF3O2/c1-7(17)10(6-13)11(18)8-2-4-9(5-3-8)12(14,15)16/h2-6,11,18H,1H3/b10-6-. The van der Waals surface area contributed by atoms with Crippen LogP contribution in [0, 0.1) is 0 Å². The van der Waals surface area contributed by atoms with E-state index in [1.54, 1.807) is 0 Å². The van der Waals surface area contributed by atoms with Gasteiger partial charge in [0.15, 0.2) is 5.78 Å². The third-order valence-corrected chi connectivity index (χ3v) is 2.61. The Morgan fingerprint density at radius 3 is 2.17 bits per heavy atom. The third-order valence-electron chi connectivity index (χ3n) is 2.37. The molecule has 0 bridgehead atoms. The molecular weight excluding hydrogens is 269 g/mol. The maximum absolute atomic E-state index is 12.3. The fraction of sp³-hybridized carbons (Fsp3) is 0.250. The van der Waals surface area contributed by atoms with Gasteiger partial charge in [-0.05, 0) is 24.6 Å². The Morgan fingerprint density at radius 1 is 1.33 bits per heavy atom. The van der Waals surface area contributed by atoms with Crippen LogP contribution in [0.1, 0.15) is 24.2 Å². The molecule has 0 aliphatic heterocycles. The summed E-state index contributed by atoms with van der Waals surface area (Å²) in [6.07, 6.45) is -5.77. The first-order valence-electron chi connectivity index (χ1n) is 4.93. The van der Waals surface area contributed by atoms with Crippen LogP contribution in [0.5, 0.6) is 0 Å². The molecule has 98 valence electrons. The number of aliphatic hydroxyl groups excluding tert-OH is 1. The van der Waals surface area contributed by atoms with Crippen molar-refractivity contribution in [3.63, 3.8) is 0 Å². The number of benzene rings is 1. The number of rotatable bonds is 3. The summed E-state index contributed by atoms with van der Waals surface area (Å²) in [6, 6.07) is 3.89. The number of carbonyl (C=O) groups is 1. The van der Waals surface area contributed by atoms with Crippen molar-refractivity contribution in [1.29, 1.82) is 0 Å². The highest BCUT2D eigenvalue weighted by atomic mass is 35.5. The average molecular weight is 279 g/mol. The number of halogens is 4. The second-order valence-electron chi connectivity index (χ2n) is 3.64. The molecule has 1 atom stereocenters. The van der Waals surface area contributed by atoms with Crippen molar-refractivity contribution >= 4 is 17.4 Å². The first kappa shape index (κ1) is 14.7. The van der Waals surface area contributed by atoms with E-state index in [9.17, 15) is 23.1 Å². The number of ketones is 1. The maximum Gasteiger partial charge on any atom is 0.416 e. The second kappa shape index (κ2) is 5.54. The molecular formula is C12H10ClF3O2. The van der Waals surface area contributed by atoms with E-state index in [4.69, 9.17) is 11.6 Å². The zero-order valence-corrected chi connectivity index (χ0v) is 10.1. The molecule has 0 aliphatic carbocycles. The number of alkyl halides is 3. The quantitative estimate of drug-likeness (QED) is 0.860. The minimum atomic E-state index is -4.44. The van der Waals surface area contributed by atoms with Crippen LogP contribution in [0.3, 0.4) is 0 Å². The number of hydrogen-bond acceptors (Lipinski definition) is 2. The Kier molecular flexibility index (Phi) is 4.53. The molecule has 0 aromatic heterocycles. The Hall–Kier alpha value is -1.33. The fourth-order valence-corrected chi connectivity index (χ4v) is 1.64. The zero-order chi connectivity index (χ0) is 13.9. The van der Waals surface area contributed by atoms with E-state index in [-0.39, 0.29) is 11.1 Å². The van der Waals surface area contributed by atoms with Gasteiger partial charge < -0.3 is 5.11 Å². The van der Waals surface area contributed by atoms with Crippen LogP contribution in [0.2, 0.25) is 0 Å². The van der Waals surface area contributed by atoms with Crippen LogP contribution in [-0.4, -0.2) is 10.9 Å². The molecule has 0 fully saturated rings. The molecule has 0 spiro atoms. The van der Waals surface area contributed by atoms with Crippen molar-refractivity contribution < 1.29 is 23.1 Å². The number of Topliss-reactive ketones (excluding diaryl/α,β-unsaturated/α-hetero) is 1. The van der Waals surface area contributed by atoms with Gasteiger partial charge in [0.1, 0.15) is 6.10 Å². The van der Waals surface area contributed by atoms with Crippen molar-refractivity contribution in [2.45, 2.75) is 19.2 Å². The lowest BCUT2D eigenvalue weighted by atomic mass is 9.99. The van der Waals surface area contributed by atoms with Gasteiger partial charge >= 0.3 is 6.18 Å². The molecule has 0 amide bonds. The lowest BCUT2D eigenvalue weighted by Gasteiger charge is -2.13. The summed E-state index contributed by atoms with van der Waals surface area (Å²) in [7, 11) is 0. The number of aliphatic hydroxyl groups is 1. The lowest BCUT2D eigenvalue weighted by molar-refractivity contribution is -0.137. The Bertz CT molecular complexity index is 463. The van der Waals surface area contributed by atoms with Gasteiger partial charge in [-0.1, -0.05) is 23.7 Å². The second-order valence-corrected chi connectivity index (χ2v) is 3.86. The normalized spacial score (nSPS) is 14.4. The van der Waals surface area contributed by atoms with Crippen LogP contribution >= 0.6 is 11.6 Å². The largest absolute Gasteiger partial charge is 0.416 e. The zero-order valence-electron chi connectivity index (χ0n) is 9.33. The highest BCUT2D eigenvalue weighted by Gasteiger charge is 2.30. The van der Waals surface area contributed by atoms with Crippen molar-refractivity contribution in [3.05, 3.63) is 46.5 Å². The molecule has 0 saturated carbocycles. The van der Waals surface area contributed by atoms with Gasteiger partial charge in [-0.2, -0.15) is 13.2 Å². The predicted molar refractivity (Wildman–Crippen MR) is 61.0 cm³/mol. The summed E-state index contributed by atoms with van der Waals surface area (Å²) in [5, 5.41) is 9.79. The van der Waals surface area contributed by atoms with Crippen LogP contribution in [0.15, 0.2) is 35.4 Å². The average Bonchev–Trinajstić information content (AvgIpc) is 2.28.